The van der Waals surface area contributed by atoms with Gasteiger partial charge in [-0.1, -0.05) is 29.3 Å². The summed E-state index contributed by atoms with van der Waals surface area (Å²) < 4.78 is 13.6. The van der Waals surface area contributed by atoms with Crippen molar-refractivity contribution in [2.45, 2.75) is 42.3 Å². The Morgan fingerprint density at radius 2 is 2.04 bits per heavy atom. The Morgan fingerprint density at radius 3 is 2.59 bits per heavy atom. The first-order chi connectivity index (χ1) is 12.9. The zero-order chi connectivity index (χ0) is 19.7. The van der Waals surface area contributed by atoms with Gasteiger partial charge in [-0.2, -0.15) is 4.57 Å². The van der Waals surface area contributed by atoms with E-state index in [1.54, 1.807) is 34.6 Å². The molecule has 3 N–H and O–H groups in total. The van der Waals surface area contributed by atoms with Crippen LogP contribution < -0.4 is 10.0 Å². The van der Waals surface area contributed by atoms with Crippen molar-refractivity contribution in [1.29, 1.82) is 0 Å². The molecule has 2 unspecified atom stereocenters. The van der Waals surface area contributed by atoms with E-state index in [9.17, 15) is 9.90 Å². The summed E-state index contributed by atoms with van der Waals surface area (Å²) in [6.07, 6.45) is 6.93. The summed E-state index contributed by atoms with van der Waals surface area (Å²) in [7, 11) is 1.44. The van der Waals surface area contributed by atoms with Gasteiger partial charge in [0.15, 0.2) is 12.4 Å². The molecule has 1 fully saturated rings. The fourth-order valence-electron chi connectivity index (χ4n) is 3.56. The third kappa shape index (κ3) is 3.51. The number of carbonyl (C=O) groups excluding carboxylic acids is 1. The maximum absolute atomic E-state index is 12.0. The van der Waals surface area contributed by atoms with E-state index >= 15 is 0 Å². The van der Waals surface area contributed by atoms with Gasteiger partial charge in [0, 0.05) is 24.8 Å². The summed E-state index contributed by atoms with van der Waals surface area (Å²) in [5.41, 5.74) is 0.0987. The zero-order valence-corrected chi connectivity index (χ0v) is 16.2. The van der Waals surface area contributed by atoms with Crippen LogP contribution in [0.15, 0.2) is 53.4 Å². The van der Waals surface area contributed by atoms with Crippen molar-refractivity contribution >= 4 is 29.1 Å². The number of alkyl halides is 1. The number of amides is 1. The van der Waals surface area contributed by atoms with E-state index in [2.05, 4.69) is 0 Å². The number of pyridine rings is 1. The van der Waals surface area contributed by atoms with Crippen LogP contribution in [-0.2, 0) is 20.0 Å². The van der Waals surface area contributed by atoms with Crippen LogP contribution in [0, 0.1) is 0 Å². The van der Waals surface area contributed by atoms with Crippen molar-refractivity contribution in [2.75, 3.05) is 7.11 Å². The van der Waals surface area contributed by atoms with Crippen molar-refractivity contribution in [3.63, 3.8) is 0 Å². The first-order valence-electron chi connectivity index (χ1n) is 8.48. The third-order valence-electron chi connectivity index (χ3n) is 4.84. The number of methoxy groups -OCH3 is 1. The summed E-state index contributed by atoms with van der Waals surface area (Å²) in [6.45, 7) is 0. The molecule has 1 aromatic rings. The number of carbonyl (C=O) groups is 1. The number of ether oxygens (including phenoxy) is 2. The van der Waals surface area contributed by atoms with Gasteiger partial charge in [0.2, 0.25) is 0 Å². The number of aliphatic hydroxyl groups is 1. The highest BCUT2D eigenvalue weighted by Gasteiger charge is 2.65. The lowest BCUT2D eigenvalue weighted by Crippen LogP contribution is -2.70. The fraction of sp³-hybridized carbons (Fsp3) is 0.444. The Morgan fingerprint density at radius 1 is 1.33 bits per heavy atom. The van der Waals surface area contributed by atoms with Crippen molar-refractivity contribution < 1.29 is 29.1 Å². The van der Waals surface area contributed by atoms with Gasteiger partial charge >= 0.3 is 5.72 Å². The lowest BCUT2D eigenvalue weighted by atomic mass is 9.93. The van der Waals surface area contributed by atoms with Crippen LogP contribution in [0.1, 0.15) is 19.3 Å². The molecule has 2 aliphatic carbocycles. The second-order valence-corrected chi connectivity index (χ2v) is 7.48. The first-order valence-corrected chi connectivity index (χ1v) is 9.23. The molecule has 146 valence electrons. The summed E-state index contributed by atoms with van der Waals surface area (Å²) >= 11 is 13.5. The SMILES string of the molecule is COC1([n+]2ccccc2)C(Cl)=CC(C(=O)NO)=CC1(Cl)O[C@@H]1CC[C@@H](O)C1. The first kappa shape index (κ1) is 20.3. The van der Waals surface area contributed by atoms with Gasteiger partial charge in [0.1, 0.15) is 5.03 Å². The molecule has 0 bridgehead atoms. The topological polar surface area (TPSA) is 91.9 Å². The van der Waals surface area contributed by atoms with E-state index in [-0.39, 0.29) is 16.7 Å². The number of hydrogen-bond donors (Lipinski definition) is 3. The molecule has 4 atom stereocenters. The minimum absolute atomic E-state index is 0.0280. The van der Waals surface area contributed by atoms with Crippen LogP contribution in [0.3, 0.4) is 0 Å². The minimum Gasteiger partial charge on any atom is -0.393 e. The highest BCUT2D eigenvalue weighted by molar-refractivity contribution is 6.33. The van der Waals surface area contributed by atoms with E-state index in [0.29, 0.717) is 19.3 Å². The normalized spacial score (nSPS) is 33.4. The van der Waals surface area contributed by atoms with Crippen LogP contribution in [0.2, 0.25) is 0 Å². The summed E-state index contributed by atoms with van der Waals surface area (Å²) in [4.78, 5) is 12.0. The number of rotatable bonds is 5. The Balaban J connectivity index is 2.13. The van der Waals surface area contributed by atoms with Crippen molar-refractivity contribution in [3.8, 4) is 0 Å². The number of nitrogens with zero attached hydrogens (tertiary/aromatic N) is 1. The molecule has 2 aliphatic rings. The monoisotopic (exact) mass is 415 g/mol. The number of halogens is 2. The van der Waals surface area contributed by atoms with Gasteiger partial charge in [-0.15, -0.1) is 0 Å². The predicted molar refractivity (Wildman–Crippen MR) is 96.9 cm³/mol. The summed E-state index contributed by atoms with van der Waals surface area (Å²) in [6, 6.07) is 5.38. The molecule has 0 aliphatic heterocycles. The molecule has 0 spiro atoms. The van der Waals surface area contributed by atoms with E-state index in [4.69, 9.17) is 37.9 Å². The molecule has 1 amide bonds. The van der Waals surface area contributed by atoms with Crippen molar-refractivity contribution in [3.05, 3.63) is 53.4 Å². The van der Waals surface area contributed by atoms with Crippen LogP contribution in [-0.4, -0.2) is 40.6 Å². The Kier molecular flexibility index (Phi) is 5.90. The predicted octanol–water partition coefficient (Wildman–Crippen LogP) is 1.71. The van der Waals surface area contributed by atoms with Gasteiger partial charge in [0.25, 0.3) is 11.0 Å². The van der Waals surface area contributed by atoms with Crippen LogP contribution in [0.5, 0.6) is 0 Å². The van der Waals surface area contributed by atoms with Gasteiger partial charge in [-0.25, -0.2) is 5.48 Å². The molecule has 1 heterocycles. The number of aliphatic hydroxyl groups excluding tert-OH is 1. The van der Waals surface area contributed by atoms with Gasteiger partial charge in [-0.05, 0) is 31.4 Å². The molecular weight excluding hydrogens is 395 g/mol. The Bertz CT molecular complexity index is 772. The smallest absolute Gasteiger partial charge is 0.357 e. The minimum atomic E-state index is -1.71. The maximum Gasteiger partial charge on any atom is 0.357 e. The zero-order valence-electron chi connectivity index (χ0n) is 14.6. The average Bonchev–Trinajstić information content (AvgIpc) is 3.06. The number of hydroxylamine groups is 1. The number of nitrogens with one attached hydrogen (secondary N) is 1. The standard InChI is InChI=1S/C18H20Cl2N2O5/c1-26-18(22-7-3-2-4-8-22)15(19)9-12(16(24)21-25)11-17(18,20)27-14-6-5-13(23)10-14/h2-4,7-9,11,13-14,23H,5-6,10H2,1H3,(H-,21,24,25)/p+1/t13-,14-,17?,18?/m1/s1. The van der Waals surface area contributed by atoms with E-state index < -0.39 is 22.8 Å². The highest BCUT2D eigenvalue weighted by atomic mass is 35.5. The Labute approximate surface area is 166 Å². The van der Waals surface area contributed by atoms with Crippen molar-refractivity contribution in [2.24, 2.45) is 0 Å². The third-order valence-corrected chi connectivity index (χ3v) is 5.66. The van der Waals surface area contributed by atoms with Gasteiger partial charge < -0.3 is 14.6 Å². The number of hydrogen-bond acceptors (Lipinski definition) is 5. The summed E-state index contributed by atoms with van der Waals surface area (Å²) in [5, 5.41) is 17.2. The lowest BCUT2D eigenvalue weighted by molar-refractivity contribution is -0.807. The molecule has 0 saturated heterocycles. The van der Waals surface area contributed by atoms with Crippen LogP contribution >= 0.6 is 23.2 Å². The second kappa shape index (κ2) is 7.87. The molecule has 7 nitrogen and oxygen atoms in total. The maximum atomic E-state index is 12.0. The van der Waals surface area contributed by atoms with Gasteiger partial charge in [-0.3, -0.25) is 10.0 Å². The molecule has 1 saturated carbocycles. The van der Waals surface area contributed by atoms with E-state index in [1.165, 1.54) is 19.3 Å². The van der Waals surface area contributed by atoms with Gasteiger partial charge in [0.05, 0.1) is 12.2 Å². The lowest BCUT2D eigenvalue weighted by Gasteiger charge is -2.41. The van der Waals surface area contributed by atoms with Crippen LogP contribution in [0.25, 0.3) is 0 Å². The molecule has 9 heteroatoms. The average molecular weight is 416 g/mol. The second-order valence-electron chi connectivity index (χ2n) is 6.52. The summed E-state index contributed by atoms with van der Waals surface area (Å²) in [5.74, 6) is -0.781. The largest absolute Gasteiger partial charge is 0.393 e. The molecule has 0 aromatic carbocycles. The van der Waals surface area contributed by atoms with Crippen molar-refractivity contribution in [1.82, 2.24) is 5.48 Å². The number of aromatic nitrogens is 1. The quantitative estimate of drug-likeness (QED) is 0.294. The Hall–Kier alpha value is -1.48. The fourth-order valence-corrected chi connectivity index (χ4v) is 4.56. The van der Waals surface area contributed by atoms with E-state index in [1.807, 2.05) is 6.07 Å². The molecule has 0 radical (unpaired) electrons. The molecule has 1 aromatic heterocycles. The highest BCUT2D eigenvalue weighted by Crippen LogP contribution is 2.48. The molecule has 3 rings (SSSR count). The molecular formula is C18H21Cl2N2O5+. The van der Waals surface area contributed by atoms with Crippen LogP contribution in [0.4, 0.5) is 0 Å². The van der Waals surface area contributed by atoms with E-state index in [0.717, 1.165) is 0 Å². The molecule has 27 heavy (non-hydrogen) atoms.